The van der Waals surface area contributed by atoms with Crippen LogP contribution in [0, 0.1) is 6.92 Å². The van der Waals surface area contributed by atoms with Crippen LogP contribution in [0.2, 0.25) is 0 Å². The molecule has 1 N–H and O–H groups in total. The van der Waals surface area contributed by atoms with Gasteiger partial charge in [-0.15, -0.1) is 0 Å². The Morgan fingerprint density at radius 2 is 1.89 bits per heavy atom. The van der Waals surface area contributed by atoms with Crippen LogP contribution >= 0.6 is 0 Å². The SMILES string of the molecule is CCN(C(=O)c1cc(NCc2ccc(OC)cc2)ncn1)c1cccc(C)c1. The Balaban J connectivity index is 1.73. The zero-order valence-electron chi connectivity index (χ0n) is 16.3. The summed E-state index contributed by atoms with van der Waals surface area (Å²) in [4.78, 5) is 23.1. The molecular formula is C22H24N4O2. The van der Waals surface area contributed by atoms with Crippen molar-refractivity contribution in [2.45, 2.75) is 20.4 Å². The molecule has 0 saturated heterocycles. The molecule has 0 aliphatic carbocycles. The third-order valence-electron chi connectivity index (χ3n) is 4.39. The topological polar surface area (TPSA) is 67.4 Å². The first-order chi connectivity index (χ1) is 13.6. The van der Waals surface area contributed by atoms with Crippen molar-refractivity contribution in [2.75, 3.05) is 23.9 Å². The maximum atomic E-state index is 13.0. The van der Waals surface area contributed by atoms with Crippen molar-refractivity contribution < 1.29 is 9.53 Å². The number of aryl methyl sites for hydroxylation is 1. The van der Waals surface area contributed by atoms with Crippen LogP contribution in [-0.4, -0.2) is 29.5 Å². The van der Waals surface area contributed by atoms with E-state index >= 15 is 0 Å². The van der Waals surface area contributed by atoms with Crippen molar-refractivity contribution in [1.29, 1.82) is 0 Å². The highest BCUT2D eigenvalue weighted by Gasteiger charge is 2.18. The van der Waals surface area contributed by atoms with Crippen molar-refractivity contribution in [1.82, 2.24) is 9.97 Å². The van der Waals surface area contributed by atoms with Crippen molar-refractivity contribution in [3.8, 4) is 5.75 Å². The van der Waals surface area contributed by atoms with Gasteiger partial charge < -0.3 is 15.0 Å². The molecule has 0 spiro atoms. The predicted molar refractivity (Wildman–Crippen MR) is 111 cm³/mol. The zero-order valence-corrected chi connectivity index (χ0v) is 16.3. The van der Waals surface area contributed by atoms with Gasteiger partial charge in [0.15, 0.2) is 0 Å². The van der Waals surface area contributed by atoms with Crippen molar-refractivity contribution in [3.05, 3.63) is 77.7 Å². The van der Waals surface area contributed by atoms with Gasteiger partial charge in [-0.1, -0.05) is 24.3 Å². The maximum Gasteiger partial charge on any atom is 0.277 e. The highest BCUT2D eigenvalue weighted by molar-refractivity contribution is 6.05. The molecule has 0 bridgehead atoms. The Labute approximate surface area is 165 Å². The van der Waals surface area contributed by atoms with Crippen LogP contribution < -0.4 is 15.0 Å². The van der Waals surface area contributed by atoms with Gasteiger partial charge in [-0.2, -0.15) is 0 Å². The van der Waals surface area contributed by atoms with Crippen LogP contribution in [0.15, 0.2) is 60.9 Å². The van der Waals surface area contributed by atoms with Crippen LogP contribution in [0.3, 0.4) is 0 Å². The summed E-state index contributed by atoms with van der Waals surface area (Å²) in [5.74, 6) is 1.27. The molecule has 3 aromatic rings. The third-order valence-corrected chi connectivity index (χ3v) is 4.39. The predicted octanol–water partition coefficient (Wildman–Crippen LogP) is 4.07. The molecule has 28 heavy (non-hydrogen) atoms. The lowest BCUT2D eigenvalue weighted by Gasteiger charge is -2.21. The number of anilines is 2. The third kappa shape index (κ3) is 4.65. The Kier molecular flexibility index (Phi) is 6.22. The molecule has 0 saturated carbocycles. The zero-order chi connectivity index (χ0) is 19.9. The number of methoxy groups -OCH3 is 1. The van der Waals surface area contributed by atoms with E-state index in [0.717, 1.165) is 22.6 Å². The van der Waals surface area contributed by atoms with Gasteiger partial charge in [0.05, 0.1) is 7.11 Å². The van der Waals surface area contributed by atoms with E-state index in [4.69, 9.17) is 4.74 Å². The second-order valence-electron chi connectivity index (χ2n) is 6.38. The van der Waals surface area contributed by atoms with Gasteiger partial charge >= 0.3 is 0 Å². The first-order valence-corrected chi connectivity index (χ1v) is 9.18. The lowest BCUT2D eigenvalue weighted by Crippen LogP contribution is -2.31. The fraction of sp³-hybridized carbons (Fsp3) is 0.227. The molecule has 0 unspecified atom stereocenters. The van der Waals surface area contributed by atoms with E-state index in [1.54, 1.807) is 18.1 Å². The Morgan fingerprint density at radius 1 is 1.11 bits per heavy atom. The minimum atomic E-state index is -0.150. The number of ether oxygens (including phenoxy) is 1. The quantitative estimate of drug-likeness (QED) is 0.673. The summed E-state index contributed by atoms with van der Waals surface area (Å²) < 4.78 is 5.17. The molecule has 0 fully saturated rings. The Bertz CT molecular complexity index is 941. The molecule has 0 aliphatic rings. The average molecular weight is 376 g/mol. The van der Waals surface area contributed by atoms with Gasteiger partial charge in [-0.3, -0.25) is 4.79 Å². The van der Waals surface area contributed by atoms with Gasteiger partial charge in [0.25, 0.3) is 5.91 Å². The van der Waals surface area contributed by atoms with Gasteiger partial charge in [0, 0.05) is 24.8 Å². The minimum absolute atomic E-state index is 0.150. The molecule has 1 amide bonds. The number of rotatable bonds is 7. The van der Waals surface area contributed by atoms with Crippen molar-refractivity contribution in [3.63, 3.8) is 0 Å². The van der Waals surface area contributed by atoms with Crippen molar-refractivity contribution in [2.24, 2.45) is 0 Å². The fourth-order valence-electron chi connectivity index (χ4n) is 2.88. The number of aromatic nitrogens is 2. The first-order valence-electron chi connectivity index (χ1n) is 9.18. The number of hydrogen-bond donors (Lipinski definition) is 1. The van der Waals surface area contributed by atoms with E-state index in [-0.39, 0.29) is 5.91 Å². The van der Waals surface area contributed by atoms with Crippen LogP contribution in [0.25, 0.3) is 0 Å². The molecule has 6 nitrogen and oxygen atoms in total. The number of carbonyl (C=O) groups excluding carboxylic acids is 1. The van der Waals surface area contributed by atoms with Gasteiger partial charge in [-0.25, -0.2) is 9.97 Å². The average Bonchev–Trinajstić information content (AvgIpc) is 2.73. The van der Waals surface area contributed by atoms with Crippen LogP contribution in [0.1, 0.15) is 28.5 Å². The smallest absolute Gasteiger partial charge is 0.277 e. The van der Waals surface area contributed by atoms with E-state index < -0.39 is 0 Å². The summed E-state index contributed by atoms with van der Waals surface area (Å²) in [6.45, 7) is 5.10. The molecule has 3 rings (SSSR count). The molecule has 0 radical (unpaired) electrons. The number of hydrogen-bond acceptors (Lipinski definition) is 5. The van der Waals surface area contributed by atoms with Crippen LogP contribution in [0.4, 0.5) is 11.5 Å². The molecule has 2 aromatic carbocycles. The van der Waals surface area contributed by atoms with E-state index in [9.17, 15) is 4.79 Å². The Morgan fingerprint density at radius 3 is 2.57 bits per heavy atom. The van der Waals surface area contributed by atoms with Crippen LogP contribution in [0.5, 0.6) is 5.75 Å². The second kappa shape index (κ2) is 8.99. The minimum Gasteiger partial charge on any atom is -0.497 e. The second-order valence-corrected chi connectivity index (χ2v) is 6.38. The van der Waals surface area contributed by atoms with E-state index in [1.807, 2.05) is 62.4 Å². The molecule has 144 valence electrons. The van der Waals surface area contributed by atoms with Crippen molar-refractivity contribution >= 4 is 17.4 Å². The van der Waals surface area contributed by atoms with E-state index in [0.29, 0.717) is 24.6 Å². The number of benzene rings is 2. The van der Waals surface area contributed by atoms with Gasteiger partial charge in [0.2, 0.25) is 0 Å². The summed E-state index contributed by atoms with van der Waals surface area (Å²) in [6.07, 6.45) is 1.41. The van der Waals surface area contributed by atoms with E-state index in [1.165, 1.54) is 6.33 Å². The number of nitrogens with zero attached hydrogens (tertiary/aromatic N) is 3. The highest BCUT2D eigenvalue weighted by atomic mass is 16.5. The molecule has 0 atom stereocenters. The number of amides is 1. The van der Waals surface area contributed by atoms with Gasteiger partial charge in [-0.05, 0) is 49.2 Å². The maximum absolute atomic E-state index is 13.0. The van der Waals surface area contributed by atoms with E-state index in [2.05, 4.69) is 15.3 Å². The molecular weight excluding hydrogens is 352 g/mol. The monoisotopic (exact) mass is 376 g/mol. The standard InChI is InChI=1S/C22H24N4O2/c1-4-26(18-7-5-6-16(2)12-18)22(27)20-13-21(25-15-24-20)23-14-17-8-10-19(28-3)11-9-17/h5-13,15H,4,14H2,1-3H3,(H,23,24,25). The molecule has 6 heteroatoms. The molecule has 1 heterocycles. The fourth-order valence-corrected chi connectivity index (χ4v) is 2.88. The van der Waals surface area contributed by atoms with Gasteiger partial charge in [0.1, 0.15) is 23.6 Å². The molecule has 0 aliphatic heterocycles. The summed E-state index contributed by atoms with van der Waals surface area (Å²) in [6, 6.07) is 17.3. The molecule has 1 aromatic heterocycles. The summed E-state index contributed by atoms with van der Waals surface area (Å²) in [5.41, 5.74) is 3.41. The summed E-state index contributed by atoms with van der Waals surface area (Å²) in [7, 11) is 1.64. The highest BCUT2D eigenvalue weighted by Crippen LogP contribution is 2.19. The lowest BCUT2D eigenvalue weighted by atomic mass is 10.2. The summed E-state index contributed by atoms with van der Waals surface area (Å²) >= 11 is 0. The normalized spacial score (nSPS) is 10.4. The first kappa shape index (κ1) is 19.4. The number of carbonyl (C=O) groups is 1. The lowest BCUT2D eigenvalue weighted by molar-refractivity contribution is 0.0983. The Hall–Kier alpha value is -3.41. The number of nitrogens with one attached hydrogen (secondary N) is 1. The largest absolute Gasteiger partial charge is 0.497 e. The summed E-state index contributed by atoms with van der Waals surface area (Å²) in [5, 5.41) is 3.24. The van der Waals surface area contributed by atoms with Crippen LogP contribution in [-0.2, 0) is 6.54 Å².